The van der Waals surface area contributed by atoms with Gasteiger partial charge in [0, 0.05) is 25.2 Å². The molecule has 1 saturated heterocycles. The fourth-order valence-corrected chi connectivity index (χ4v) is 2.67. The van der Waals surface area contributed by atoms with Crippen LogP contribution in [0.1, 0.15) is 30.4 Å². The van der Waals surface area contributed by atoms with Crippen molar-refractivity contribution in [3.05, 3.63) is 29.3 Å². The van der Waals surface area contributed by atoms with E-state index >= 15 is 0 Å². The molecule has 0 spiro atoms. The third-order valence-corrected chi connectivity index (χ3v) is 3.69. The predicted octanol–water partition coefficient (Wildman–Crippen LogP) is 3.43. The van der Waals surface area contributed by atoms with Gasteiger partial charge in [0.2, 0.25) is 0 Å². The molecular formula is C15H20N2. The summed E-state index contributed by atoms with van der Waals surface area (Å²) in [6, 6.07) is 8.95. The highest BCUT2D eigenvalue weighted by molar-refractivity contribution is 5.54. The lowest BCUT2D eigenvalue weighted by Gasteiger charge is -2.33. The summed E-state index contributed by atoms with van der Waals surface area (Å²) in [7, 11) is 0. The third-order valence-electron chi connectivity index (χ3n) is 3.69. The normalized spacial score (nSPS) is 16.9. The number of anilines is 1. The van der Waals surface area contributed by atoms with Crippen molar-refractivity contribution < 1.29 is 0 Å². The first-order chi connectivity index (χ1) is 8.20. The van der Waals surface area contributed by atoms with Gasteiger partial charge in [0.1, 0.15) is 0 Å². The Labute approximate surface area is 104 Å². The lowest BCUT2D eigenvalue weighted by Crippen LogP contribution is -2.33. The number of piperidine rings is 1. The summed E-state index contributed by atoms with van der Waals surface area (Å²) in [5, 5.41) is 8.71. The molecule has 0 atom stereocenters. The largest absolute Gasteiger partial charge is 0.371 e. The number of aryl methyl sites for hydroxylation is 2. The Morgan fingerprint density at radius 3 is 2.59 bits per heavy atom. The number of benzene rings is 1. The molecule has 2 rings (SSSR count). The second-order valence-electron chi connectivity index (χ2n) is 5.08. The van der Waals surface area contributed by atoms with Gasteiger partial charge < -0.3 is 4.90 Å². The van der Waals surface area contributed by atoms with Crippen molar-refractivity contribution in [3.8, 4) is 6.07 Å². The fraction of sp³-hybridized carbons (Fsp3) is 0.533. The zero-order valence-corrected chi connectivity index (χ0v) is 10.7. The lowest BCUT2D eigenvalue weighted by molar-refractivity contribution is 0.412. The summed E-state index contributed by atoms with van der Waals surface area (Å²) in [5.74, 6) is 0.613. The predicted molar refractivity (Wildman–Crippen MR) is 71.1 cm³/mol. The smallest absolute Gasteiger partial charge is 0.0624 e. The Morgan fingerprint density at radius 2 is 2.00 bits per heavy atom. The molecule has 1 aliphatic heterocycles. The maximum Gasteiger partial charge on any atom is 0.0624 e. The van der Waals surface area contributed by atoms with Crippen molar-refractivity contribution in [1.29, 1.82) is 5.26 Å². The van der Waals surface area contributed by atoms with Crippen molar-refractivity contribution in [2.75, 3.05) is 18.0 Å². The van der Waals surface area contributed by atoms with E-state index in [0.717, 1.165) is 32.4 Å². The molecule has 1 heterocycles. The van der Waals surface area contributed by atoms with Crippen molar-refractivity contribution in [2.24, 2.45) is 5.92 Å². The topological polar surface area (TPSA) is 27.0 Å². The van der Waals surface area contributed by atoms with E-state index in [4.69, 9.17) is 5.26 Å². The lowest BCUT2D eigenvalue weighted by atomic mass is 9.93. The van der Waals surface area contributed by atoms with E-state index < -0.39 is 0 Å². The average Bonchev–Trinajstić information content (AvgIpc) is 2.31. The molecule has 1 aromatic carbocycles. The van der Waals surface area contributed by atoms with Gasteiger partial charge in [-0.1, -0.05) is 17.7 Å². The van der Waals surface area contributed by atoms with Gasteiger partial charge in [-0.2, -0.15) is 5.26 Å². The zero-order chi connectivity index (χ0) is 12.3. The quantitative estimate of drug-likeness (QED) is 0.775. The maximum atomic E-state index is 8.71. The minimum Gasteiger partial charge on any atom is -0.371 e. The van der Waals surface area contributed by atoms with Crippen LogP contribution < -0.4 is 4.90 Å². The SMILES string of the molecule is Cc1ccc(N2CCC(CC#N)CC2)c(C)c1. The summed E-state index contributed by atoms with van der Waals surface area (Å²) < 4.78 is 0. The number of rotatable bonds is 2. The number of hydrogen-bond acceptors (Lipinski definition) is 2. The molecule has 1 fully saturated rings. The first-order valence-electron chi connectivity index (χ1n) is 6.40. The van der Waals surface area contributed by atoms with Crippen molar-refractivity contribution in [1.82, 2.24) is 0 Å². The minimum atomic E-state index is 0.613. The third kappa shape index (κ3) is 2.79. The van der Waals surface area contributed by atoms with Gasteiger partial charge in [-0.05, 0) is 44.2 Å². The molecule has 2 nitrogen and oxygen atoms in total. The number of nitriles is 1. The Hall–Kier alpha value is -1.49. The average molecular weight is 228 g/mol. The van der Waals surface area contributed by atoms with Crippen LogP contribution in [0.4, 0.5) is 5.69 Å². The van der Waals surface area contributed by atoms with Crippen molar-refractivity contribution >= 4 is 5.69 Å². The first kappa shape index (κ1) is 12.0. The highest BCUT2D eigenvalue weighted by atomic mass is 15.1. The molecule has 90 valence electrons. The summed E-state index contributed by atoms with van der Waals surface area (Å²) in [6.07, 6.45) is 3.03. The molecule has 0 saturated carbocycles. The van der Waals surface area contributed by atoms with E-state index in [1.807, 2.05) is 0 Å². The van der Waals surface area contributed by atoms with E-state index in [1.165, 1.54) is 16.8 Å². The van der Waals surface area contributed by atoms with Crippen molar-refractivity contribution in [3.63, 3.8) is 0 Å². The Balaban J connectivity index is 2.03. The molecule has 1 aliphatic rings. The molecule has 0 unspecified atom stereocenters. The molecule has 0 amide bonds. The second-order valence-corrected chi connectivity index (χ2v) is 5.08. The second kappa shape index (κ2) is 5.23. The minimum absolute atomic E-state index is 0.613. The molecule has 0 N–H and O–H groups in total. The van der Waals surface area contributed by atoms with Crippen LogP contribution in [-0.4, -0.2) is 13.1 Å². The van der Waals surface area contributed by atoms with Gasteiger partial charge in [-0.3, -0.25) is 0 Å². The van der Waals surface area contributed by atoms with Gasteiger partial charge in [-0.25, -0.2) is 0 Å². The fourth-order valence-electron chi connectivity index (χ4n) is 2.67. The van der Waals surface area contributed by atoms with Crippen molar-refractivity contribution in [2.45, 2.75) is 33.1 Å². The Bertz CT molecular complexity index is 423. The monoisotopic (exact) mass is 228 g/mol. The maximum absolute atomic E-state index is 8.71. The molecule has 2 heteroatoms. The van der Waals surface area contributed by atoms with Crippen LogP contribution in [0.5, 0.6) is 0 Å². The Morgan fingerprint density at radius 1 is 1.29 bits per heavy atom. The standard InChI is InChI=1S/C15H20N2/c1-12-3-4-15(13(2)11-12)17-9-6-14(5-8-16)7-10-17/h3-4,11,14H,5-7,9-10H2,1-2H3. The van der Waals surface area contributed by atoms with E-state index in [1.54, 1.807) is 0 Å². The number of hydrogen-bond donors (Lipinski definition) is 0. The van der Waals surface area contributed by atoms with Crippen LogP contribution in [0.15, 0.2) is 18.2 Å². The summed E-state index contributed by atoms with van der Waals surface area (Å²) >= 11 is 0. The summed E-state index contributed by atoms with van der Waals surface area (Å²) in [6.45, 7) is 6.51. The summed E-state index contributed by atoms with van der Waals surface area (Å²) in [4.78, 5) is 2.46. The molecule has 0 aromatic heterocycles. The van der Waals surface area contributed by atoms with E-state index in [2.05, 4.69) is 43.0 Å². The zero-order valence-electron chi connectivity index (χ0n) is 10.7. The molecule has 0 bridgehead atoms. The molecular weight excluding hydrogens is 208 g/mol. The molecule has 1 aromatic rings. The summed E-state index contributed by atoms with van der Waals surface area (Å²) in [5.41, 5.74) is 4.06. The Kier molecular flexibility index (Phi) is 3.68. The van der Waals surface area contributed by atoms with E-state index in [0.29, 0.717) is 5.92 Å². The van der Waals surface area contributed by atoms with E-state index in [-0.39, 0.29) is 0 Å². The van der Waals surface area contributed by atoms with Crippen LogP contribution >= 0.6 is 0 Å². The molecule has 17 heavy (non-hydrogen) atoms. The van der Waals surface area contributed by atoms with Crippen LogP contribution in [0.2, 0.25) is 0 Å². The van der Waals surface area contributed by atoms with Crippen LogP contribution in [0, 0.1) is 31.1 Å². The van der Waals surface area contributed by atoms with Crippen LogP contribution in [-0.2, 0) is 0 Å². The van der Waals surface area contributed by atoms with E-state index in [9.17, 15) is 0 Å². The van der Waals surface area contributed by atoms with Gasteiger partial charge in [0.05, 0.1) is 6.07 Å². The van der Waals surface area contributed by atoms with Gasteiger partial charge in [0.15, 0.2) is 0 Å². The van der Waals surface area contributed by atoms with Gasteiger partial charge in [0.25, 0.3) is 0 Å². The number of nitrogens with zero attached hydrogens (tertiary/aromatic N) is 2. The first-order valence-corrected chi connectivity index (χ1v) is 6.40. The van der Waals surface area contributed by atoms with Gasteiger partial charge in [-0.15, -0.1) is 0 Å². The highest BCUT2D eigenvalue weighted by Gasteiger charge is 2.19. The van der Waals surface area contributed by atoms with Crippen LogP contribution in [0.3, 0.4) is 0 Å². The molecule has 0 aliphatic carbocycles. The molecule has 0 radical (unpaired) electrons. The van der Waals surface area contributed by atoms with Gasteiger partial charge >= 0.3 is 0 Å². The van der Waals surface area contributed by atoms with Crippen LogP contribution in [0.25, 0.3) is 0 Å². The highest BCUT2D eigenvalue weighted by Crippen LogP contribution is 2.27.